The summed E-state index contributed by atoms with van der Waals surface area (Å²) in [6.45, 7) is 4.65. The predicted octanol–water partition coefficient (Wildman–Crippen LogP) is 2.27. The van der Waals surface area contributed by atoms with E-state index in [0.29, 0.717) is 0 Å². The summed E-state index contributed by atoms with van der Waals surface area (Å²) in [5, 5.41) is 14.9. The first-order valence-electron chi connectivity index (χ1n) is 7.65. The van der Waals surface area contributed by atoms with Gasteiger partial charge in [-0.15, -0.1) is 0 Å². The molecule has 0 aliphatic carbocycles. The highest BCUT2D eigenvalue weighted by molar-refractivity contribution is 5.82. The van der Waals surface area contributed by atoms with E-state index in [1.807, 2.05) is 12.1 Å². The summed E-state index contributed by atoms with van der Waals surface area (Å²) in [6.07, 6.45) is 0.114. The molecule has 1 N–H and O–H groups in total. The normalized spacial score (nSPS) is 20.3. The lowest BCUT2D eigenvalue weighted by Gasteiger charge is -2.34. The van der Waals surface area contributed by atoms with E-state index < -0.39 is 4.92 Å². The zero-order chi connectivity index (χ0) is 16.4. The van der Waals surface area contributed by atoms with Crippen LogP contribution in [0.25, 0.3) is 10.9 Å². The van der Waals surface area contributed by atoms with E-state index in [2.05, 4.69) is 29.2 Å². The van der Waals surface area contributed by atoms with Crippen molar-refractivity contribution in [2.24, 2.45) is 0 Å². The Hall–Kier alpha value is -2.25. The Morgan fingerprint density at radius 3 is 3.00 bits per heavy atom. The fourth-order valence-corrected chi connectivity index (χ4v) is 2.75. The number of hydrogen-bond acceptors (Lipinski definition) is 6. The summed E-state index contributed by atoms with van der Waals surface area (Å²) < 4.78 is 5.81. The minimum absolute atomic E-state index is 0.0759. The minimum Gasteiger partial charge on any atom is -0.373 e. The lowest BCUT2D eigenvalue weighted by atomic mass is 10.1. The van der Waals surface area contributed by atoms with Crippen LogP contribution in [0.1, 0.15) is 6.92 Å². The van der Waals surface area contributed by atoms with Crippen LogP contribution in [0.3, 0.4) is 0 Å². The van der Waals surface area contributed by atoms with Crippen LogP contribution in [0.15, 0.2) is 30.3 Å². The van der Waals surface area contributed by atoms with Crippen molar-refractivity contribution in [1.29, 1.82) is 0 Å². The quantitative estimate of drug-likeness (QED) is 0.688. The maximum Gasteiger partial charge on any atom is 0.270 e. The van der Waals surface area contributed by atoms with Gasteiger partial charge >= 0.3 is 0 Å². The van der Waals surface area contributed by atoms with Crippen LogP contribution in [-0.2, 0) is 4.74 Å². The van der Waals surface area contributed by atoms with Crippen LogP contribution in [0, 0.1) is 10.1 Å². The molecule has 7 heteroatoms. The highest BCUT2D eigenvalue weighted by Crippen LogP contribution is 2.22. The summed E-state index contributed by atoms with van der Waals surface area (Å²) in [7, 11) is 2.09. The molecular weight excluding hydrogens is 296 g/mol. The largest absolute Gasteiger partial charge is 0.373 e. The third kappa shape index (κ3) is 3.57. The first-order chi connectivity index (χ1) is 11.0. The summed E-state index contributed by atoms with van der Waals surface area (Å²) in [6, 6.07) is 8.50. The number of pyridine rings is 1. The number of anilines is 1. The number of morpholine rings is 1. The van der Waals surface area contributed by atoms with Gasteiger partial charge in [-0.25, -0.2) is 4.98 Å². The standard InChI is InChI=1S/C16H20N4O3/c1-11(15-10-19(2)7-8-23-15)17-16-6-3-12-9-13(20(21)22)4-5-14(12)18-16/h3-6,9,11,15H,7-8,10H2,1-2H3,(H,17,18). The minimum atomic E-state index is -0.398. The van der Waals surface area contributed by atoms with Gasteiger partial charge in [-0.3, -0.25) is 10.1 Å². The van der Waals surface area contributed by atoms with Crippen molar-refractivity contribution in [2.75, 3.05) is 32.1 Å². The summed E-state index contributed by atoms with van der Waals surface area (Å²) in [5.41, 5.74) is 0.807. The number of nitro benzene ring substituents is 1. The molecule has 1 fully saturated rings. The molecule has 0 spiro atoms. The number of hydrogen-bond donors (Lipinski definition) is 1. The van der Waals surface area contributed by atoms with Crippen LogP contribution in [-0.4, -0.2) is 53.7 Å². The topological polar surface area (TPSA) is 80.5 Å². The number of nitro groups is 1. The van der Waals surface area contributed by atoms with E-state index in [0.717, 1.165) is 36.4 Å². The number of fused-ring (bicyclic) bond motifs is 1. The Morgan fingerprint density at radius 2 is 2.26 bits per heavy atom. The highest BCUT2D eigenvalue weighted by Gasteiger charge is 2.23. The number of aromatic nitrogens is 1. The molecule has 2 atom stereocenters. The molecule has 1 aromatic carbocycles. The van der Waals surface area contributed by atoms with Gasteiger partial charge in [0.25, 0.3) is 5.69 Å². The van der Waals surface area contributed by atoms with Crippen molar-refractivity contribution in [2.45, 2.75) is 19.1 Å². The molecular formula is C16H20N4O3. The van der Waals surface area contributed by atoms with Gasteiger partial charge in [-0.1, -0.05) is 0 Å². The molecule has 0 saturated carbocycles. The number of nitrogens with one attached hydrogen (secondary N) is 1. The molecule has 122 valence electrons. The van der Waals surface area contributed by atoms with Gasteiger partial charge < -0.3 is 15.0 Å². The van der Waals surface area contributed by atoms with Crippen LogP contribution in [0.4, 0.5) is 11.5 Å². The molecule has 0 radical (unpaired) electrons. The van der Waals surface area contributed by atoms with Crippen molar-refractivity contribution in [3.63, 3.8) is 0 Å². The van der Waals surface area contributed by atoms with E-state index >= 15 is 0 Å². The molecule has 23 heavy (non-hydrogen) atoms. The first-order valence-corrected chi connectivity index (χ1v) is 7.65. The Bertz CT molecular complexity index is 722. The number of benzene rings is 1. The van der Waals surface area contributed by atoms with Crippen molar-refractivity contribution >= 4 is 22.4 Å². The summed E-state index contributed by atoms with van der Waals surface area (Å²) in [5.74, 6) is 0.746. The van der Waals surface area contributed by atoms with Crippen LogP contribution in [0.5, 0.6) is 0 Å². The molecule has 0 amide bonds. The maximum absolute atomic E-state index is 10.8. The fraction of sp³-hybridized carbons (Fsp3) is 0.438. The highest BCUT2D eigenvalue weighted by atomic mass is 16.6. The van der Waals surface area contributed by atoms with Gasteiger partial charge in [0.2, 0.25) is 0 Å². The van der Waals surface area contributed by atoms with E-state index in [9.17, 15) is 10.1 Å². The second-order valence-corrected chi connectivity index (χ2v) is 5.94. The van der Waals surface area contributed by atoms with Gasteiger partial charge in [-0.05, 0) is 32.2 Å². The number of likely N-dealkylation sites (N-methyl/N-ethyl adjacent to an activating group) is 1. The van der Waals surface area contributed by atoms with Crippen molar-refractivity contribution < 1.29 is 9.66 Å². The van der Waals surface area contributed by atoms with Crippen molar-refractivity contribution in [1.82, 2.24) is 9.88 Å². The monoisotopic (exact) mass is 316 g/mol. The van der Waals surface area contributed by atoms with E-state index in [4.69, 9.17) is 4.74 Å². The smallest absolute Gasteiger partial charge is 0.270 e. The zero-order valence-electron chi connectivity index (χ0n) is 13.2. The number of non-ortho nitro benzene ring substituents is 1. The molecule has 1 aliphatic rings. The Morgan fingerprint density at radius 1 is 1.43 bits per heavy atom. The summed E-state index contributed by atoms with van der Waals surface area (Å²) in [4.78, 5) is 17.2. The second-order valence-electron chi connectivity index (χ2n) is 5.94. The van der Waals surface area contributed by atoms with Crippen LogP contribution < -0.4 is 5.32 Å². The predicted molar refractivity (Wildman–Crippen MR) is 88.7 cm³/mol. The fourth-order valence-electron chi connectivity index (χ4n) is 2.75. The summed E-state index contributed by atoms with van der Waals surface area (Å²) >= 11 is 0. The average Bonchev–Trinajstić information content (AvgIpc) is 2.54. The molecule has 2 aromatic rings. The van der Waals surface area contributed by atoms with Crippen molar-refractivity contribution in [3.05, 3.63) is 40.4 Å². The van der Waals surface area contributed by atoms with E-state index in [1.54, 1.807) is 6.07 Å². The van der Waals surface area contributed by atoms with Gasteiger partial charge in [0.1, 0.15) is 5.82 Å². The molecule has 1 aromatic heterocycles. The molecule has 1 aliphatic heterocycles. The number of ether oxygens (including phenoxy) is 1. The van der Waals surface area contributed by atoms with Crippen molar-refractivity contribution in [3.8, 4) is 0 Å². The Kier molecular flexibility index (Phi) is 4.40. The third-order valence-electron chi connectivity index (χ3n) is 4.11. The lowest BCUT2D eigenvalue weighted by molar-refractivity contribution is -0.384. The van der Waals surface area contributed by atoms with Crippen LogP contribution in [0.2, 0.25) is 0 Å². The number of rotatable bonds is 4. The van der Waals surface area contributed by atoms with Gasteiger partial charge in [0.05, 0.1) is 29.2 Å². The maximum atomic E-state index is 10.8. The zero-order valence-corrected chi connectivity index (χ0v) is 13.2. The molecule has 2 heterocycles. The van der Waals surface area contributed by atoms with E-state index in [1.165, 1.54) is 12.1 Å². The second kappa shape index (κ2) is 6.47. The van der Waals surface area contributed by atoms with Gasteiger partial charge in [0, 0.05) is 30.6 Å². The number of nitrogens with zero attached hydrogens (tertiary/aromatic N) is 3. The molecule has 7 nitrogen and oxygen atoms in total. The molecule has 2 unspecified atom stereocenters. The lowest BCUT2D eigenvalue weighted by Crippen LogP contribution is -2.47. The molecule has 1 saturated heterocycles. The Labute approximate surface area is 134 Å². The molecule has 0 bridgehead atoms. The van der Waals surface area contributed by atoms with E-state index in [-0.39, 0.29) is 17.8 Å². The van der Waals surface area contributed by atoms with Crippen LogP contribution >= 0.6 is 0 Å². The Balaban J connectivity index is 1.75. The average molecular weight is 316 g/mol. The SMILES string of the molecule is CC(Nc1ccc2cc([N+](=O)[O-])ccc2n1)C1CN(C)CCO1. The van der Waals surface area contributed by atoms with Gasteiger partial charge in [-0.2, -0.15) is 0 Å². The molecule has 3 rings (SSSR count). The third-order valence-corrected chi connectivity index (χ3v) is 4.11. The van der Waals surface area contributed by atoms with Gasteiger partial charge in [0.15, 0.2) is 0 Å². The first kappa shape index (κ1) is 15.6.